The van der Waals surface area contributed by atoms with E-state index in [1.54, 1.807) is 6.92 Å². The second kappa shape index (κ2) is 5.08. The molecule has 1 unspecified atom stereocenters. The number of primary amides is 1. The highest BCUT2D eigenvalue weighted by Crippen LogP contribution is 2.32. The van der Waals surface area contributed by atoms with Gasteiger partial charge in [-0.25, -0.2) is 0 Å². The van der Waals surface area contributed by atoms with Crippen LogP contribution in [0.1, 0.15) is 24.0 Å². The monoisotopic (exact) mass is 295 g/mol. The molecule has 0 aliphatic rings. The quantitative estimate of drug-likeness (QED) is 0.776. The molecule has 1 aromatic carbocycles. The lowest BCUT2D eigenvalue weighted by Crippen LogP contribution is -2.18. The molecule has 1 atom stereocenters. The number of nitrogens with zero attached hydrogens (tertiary/aromatic N) is 1. The third kappa shape index (κ3) is 2.30. The first-order chi connectivity index (χ1) is 10.1. The predicted octanol–water partition coefficient (Wildman–Crippen LogP) is 3.36. The minimum Gasteiger partial charge on any atom is -0.369 e. The molecule has 0 radical (unpaired) electrons. The summed E-state index contributed by atoms with van der Waals surface area (Å²) < 4.78 is 0. The Morgan fingerprint density at radius 2 is 2.24 bits per heavy atom. The highest BCUT2D eigenvalue weighted by molar-refractivity contribution is 7.13. The maximum atomic E-state index is 11.4. The molecule has 3 aromatic rings. The number of nitrogens with two attached hydrogens (primary N) is 1. The van der Waals surface area contributed by atoms with Gasteiger partial charge in [0, 0.05) is 27.4 Å². The Morgan fingerprint density at radius 1 is 1.43 bits per heavy atom. The van der Waals surface area contributed by atoms with Gasteiger partial charge in [0.25, 0.3) is 0 Å². The maximum absolute atomic E-state index is 11.4. The molecule has 1 amide bonds. The fourth-order valence-electron chi connectivity index (χ4n) is 2.35. The summed E-state index contributed by atoms with van der Waals surface area (Å²) in [5.74, 6) is -0.684. The second-order valence-electron chi connectivity index (χ2n) is 4.94. The lowest BCUT2D eigenvalue weighted by molar-refractivity contribution is -0.119. The van der Waals surface area contributed by atoms with Crippen molar-refractivity contribution in [2.75, 3.05) is 0 Å². The Kier molecular flexibility index (Phi) is 3.24. The summed E-state index contributed by atoms with van der Waals surface area (Å²) >= 11 is 1.53. The number of thiophene rings is 1. The van der Waals surface area contributed by atoms with E-state index in [1.165, 1.54) is 11.3 Å². The molecule has 0 fully saturated rings. The summed E-state index contributed by atoms with van der Waals surface area (Å²) in [4.78, 5) is 15.6. The molecule has 0 aliphatic heterocycles. The minimum atomic E-state index is -0.343. The van der Waals surface area contributed by atoms with Gasteiger partial charge in [-0.2, -0.15) is 5.26 Å². The van der Waals surface area contributed by atoms with Gasteiger partial charge in [-0.1, -0.05) is 6.07 Å². The van der Waals surface area contributed by atoms with Crippen LogP contribution < -0.4 is 5.73 Å². The molecule has 3 rings (SSSR count). The Balaban J connectivity index is 2.12. The summed E-state index contributed by atoms with van der Waals surface area (Å²) in [6.45, 7) is 1.80. The van der Waals surface area contributed by atoms with Crippen LogP contribution in [-0.2, 0) is 4.79 Å². The van der Waals surface area contributed by atoms with Gasteiger partial charge in [0.15, 0.2) is 0 Å². The third-order valence-electron chi connectivity index (χ3n) is 3.62. The van der Waals surface area contributed by atoms with E-state index >= 15 is 0 Å². The van der Waals surface area contributed by atoms with E-state index in [0.717, 1.165) is 26.9 Å². The average Bonchev–Trinajstić information content (AvgIpc) is 3.12. The third-order valence-corrected chi connectivity index (χ3v) is 4.60. The summed E-state index contributed by atoms with van der Waals surface area (Å²) in [5, 5.41) is 11.7. The van der Waals surface area contributed by atoms with Gasteiger partial charge in [-0.15, -0.1) is 11.3 Å². The first kappa shape index (κ1) is 13.4. The average molecular weight is 295 g/mol. The number of aromatic nitrogens is 1. The van der Waals surface area contributed by atoms with Crippen LogP contribution >= 0.6 is 11.3 Å². The molecule has 0 saturated carbocycles. The van der Waals surface area contributed by atoms with E-state index in [9.17, 15) is 4.79 Å². The highest BCUT2D eigenvalue weighted by atomic mass is 32.1. The number of benzene rings is 1. The van der Waals surface area contributed by atoms with Crippen LogP contribution in [0.15, 0.2) is 35.8 Å². The van der Waals surface area contributed by atoms with E-state index in [4.69, 9.17) is 11.0 Å². The number of nitrogens with one attached hydrogen (secondary N) is 1. The molecular weight excluding hydrogens is 282 g/mol. The molecule has 5 heteroatoms. The van der Waals surface area contributed by atoms with Gasteiger partial charge in [0.2, 0.25) is 5.91 Å². The first-order valence-electron chi connectivity index (χ1n) is 6.49. The van der Waals surface area contributed by atoms with Crippen molar-refractivity contribution in [1.82, 2.24) is 4.98 Å². The minimum absolute atomic E-state index is 0.341. The van der Waals surface area contributed by atoms with Crippen LogP contribution in [0.25, 0.3) is 21.3 Å². The molecule has 0 bridgehead atoms. The van der Waals surface area contributed by atoms with Gasteiger partial charge in [0.1, 0.15) is 6.07 Å². The molecule has 2 heterocycles. The normalized spacial score (nSPS) is 12.2. The molecule has 0 spiro atoms. The Bertz CT molecular complexity index is 869. The smallest absolute Gasteiger partial charge is 0.224 e. The number of nitriles is 1. The van der Waals surface area contributed by atoms with Crippen LogP contribution in [0.3, 0.4) is 0 Å². The van der Waals surface area contributed by atoms with Gasteiger partial charge in [-0.05, 0) is 36.2 Å². The van der Waals surface area contributed by atoms with Crippen molar-refractivity contribution in [3.63, 3.8) is 0 Å². The van der Waals surface area contributed by atoms with E-state index in [2.05, 4.69) is 11.1 Å². The SMILES string of the molecule is CC(C(N)=O)c1c[nH]c2ccc(-c3cc(C#N)cs3)cc12. The highest BCUT2D eigenvalue weighted by Gasteiger charge is 2.16. The van der Waals surface area contributed by atoms with Crippen molar-refractivity contribution in [3.8, 4) is 16.5 Å². The number of amides is 1. The van der Waals surface area contributed by atoms with Crippen molar-refractivity contribution < 1.29 is 4.79 Å². The zero-order valence-corrected chi connectivity index (χ0v) is 12.2. The molecule has 4 nitrogen and oxygen atoms in total. The standard InChI is InChI=1S/C16H13N3OS/c1-9(16(18)20)13-7-19-14-3-2-11(5-12(13)14)15-4-10(6-17)8-21-15/h2-5,7-9,19H,1H3,(H2,18,20). The lowest BCUT2D eigenvalue weighted by atomic mass is 9.98. The van der Waals surface area contributed by atoms with Crippen LogP contribution in [0, 0.1) is 11.3 Å². The van der Waals surface area contributed by atoms with Gasteiger partial charge < -0.3 is 10.7 Å². The number of carbonyl (C=O) groups excluding carboxylic acids is 1. The Morgan fingerprint density at radius 3 is 2.90 bits per heavy atom. The zero-order valence-electron chi connectivity index (χ0n) is 11.4. The second-order valence-corrected chi connectivity index (χ2v) is 5.85. The zero-order chi connectivity index (χ0) is 15.0. The van der Waals surface area contributed by atoms with Crippen molar-refractivity contribution in [2.24, 2.45) is 5.73 Å². The summed E-state index contributed by atoms with van der Waals surface area (Å²) in [6, 6.07) is 10.0. The molecular formula is C16H13N3OS. The number of hydrogen-bond acceptors (Lipinski definition) is 3. The van der Waals surface area contributed by atoms with Crippen LogP contribution in [0.5, 0.6) is 0 Å². The fraction of sp³-hybridized carbons (Fsp3) is 0.125. The van der Waals surface area contributed by atoms with Crippen molar-refractivity contribution in [3.05, 3.63) is 47.0 Å². The van der Waals surface area contributed by atoms with Gasteiger partial charge in [0.05, 0.1) is 11.5 Å². The van der Waals surface area contributed by atoms with E-state index in [1.807, 2.05) is 35.8 Å². The number of rotatable bonds is 3. The number of hydrogen-bond donors (Lipinski definition) is 2. The largest absolute Gasteiger partial charge is 0.369 e. The van der Waals surface area contributed by atoms with Crippen LogP contribution in [0.2, 0.25) is 0 Å². The first-order valence-corrected chi connectivity index (χ1v) is 7.37. The molecule has 3 N–H and O–H groups in total. The predicted molar refractivity (Wildman–Crippen MR) is 83.9 cm³/mol. The van der Waals surface area contributed by atoms with Gasteiger partial charge >= 0.3 is 0 Å². The van der Waals surface area contributed by atoms with Crippen molar-refractivity contribution in [2.45, 2.75) is 12.8 Å². The number of aromatic amines is 1. The van der Waals surface area contributed by atoms with Crippen LogP contribution in [0.4, 0.5) is 0 Å². The van der Waals surface area contributed by atoms with Crippen molar-refractivity contribution in [1.29, 1.82) is 5.26 Å². The Hall–Kier alpha value is -2.58. The summed E-state index contributed by atoms with van der Waals surface area (Å²) in [5.41, 5.74) is 8.97. The number of carbonyl (C=O) groups is 1. The molecule has 2 aromatic heterocycles. The van der Waals surface area contributed by atoms with E-state index in [-0.39, 0.29) is 11.8 Å². The number of fused-ring (bicyclic) bond motifs is 1. The van der Waals surface area contributed by atoms with Gasteiger partial charge in [-0.3, -0.25) is 4.79 Å². The lowest BCUT2D eigenvalue weighted by Gasteiger charge is -2.06. The molecule has 0 aliphatic carbocycles. The molecule has 0 saturated heterocycles. The van der Waals surface area contributed by atoms with Crippen LogP contribution in [-0.4, -0.2) is 10.9 Å². The molecule has 21 heavy (non-hydrogen) atoms. The maximum Gasteiger partial charge on any atom is 0.224 e. The fourth-order valence-corrected chi connectivity index (χ4v) is 3.19. The summed E-state index contributed by atoms with van der Waals surface area (Å²) in [7, 11) is 0. The Labute approximate surface area is 125 Å². The molecule has 104 valence electrons. The number of H-pyrrole nitrogens is 1. The van der Waals surface area contributed by atoms with E-state index < -0.39 is 0 Å². The van der Waals surface area contributed by atoms with E-state index in [0.29, 0.717) is 5.56 Å². The summed E-state index contributed by atoms with van der Waals surface area (Å²) in [6.07, 6.45) is 1.83. The topological polar surface area (TPSA) is 82.7 Å². The van der Waals surface area contributed by atoms with Crippen molar-refractivity contribution >= 4 is 28.1 Å².